The van der Waals surface area contributed by atoms with E-state index in [2.05, 4.69) is 0 Å². The SMILES string of the molecule is CCN(C(C)=O)C1(C(=O)O)CCCSC1C. The topological polar surface area (TPSA) is 57.6 Å². The molecule has 92 valence electrons. The summed E-state index contributed by atoms with van der Waals surface area (Å²) in [6, 6.07) is 0. The van der Waals surface area contributed by atoms with Crippen molar-refractivity contribution in [3.8, 4) is 0 Å². The van der Waals surface area contributed by atoms with Crippen LogP contribution in [0.15, 0.2) is 0 Å². The van der Waals surface area contributed by atoms with E-state index in [0.29, 0.717) is 13.0 Å². The molecule has 0 saturated carbocycles. The van der Waals surface area contributed by atoms with Gasteiger partial charge < -0.3 is 10.0 Å². The minimum Gasteiger partial charge on any atom is -0.479 e. The molecular formula is C11H19NO3S. The maximum Gasteiger partial charge on any atom is 0.330 e. The molecule has 0 aliphatic carbocycles. The molecule has 0 radical (unpaired) electrons. The Bertz CT molecular complexity index is 295. The van der Waals surface area contributed by atoms with E-state index in [1.807, 2.05) is 13.8 Å². The Balaban J connectivity index is 3.12. The van der Waals surface area contributed by atoms with Gasteiger partial charge in [0.05, 0.1) is 0 Å². The van der Waals surface area contributed by atoms with E-state index in [0.717, 1.165) is 12.2 Å². The number of thioether (sulfide) groups is 1. The maximum absolute atomic E-state index is 11.6. The lowest BCUT2D eigenvalue weighted by Crippen LogP contribution is -2.63. The highest BCUT2D eigenvalue weighted by Crippen LogP contribution is 2.38. The first-order chi connectivity index (χ1) is 7.46. The first-order valence-corrected chi connectivity index (χ1v) is 6.65. The molecule has 4 nitrogen and oxygen atoms in total. The lowest BCUT2D eigenvalue weighted by atomic mass is 9.87. The molecule has 1 amide bonds. The average molecular weight is 245 g/mol. The van der Waals surface area contributed by atoms with Crippen molar-refractivity contribution in [2.45, 2.75) is 44.4 Å². The minimum absolute atomic E-state index is 0.0531. The van der Waals surface area contributed by atoms with Crippen molar-refractivity contribution in [3.63, 3.8) is 0 Å². The molecule has 0 aromatic rings. The fourth-order valence-electron chi connectivity index (χ4n) is 2.48. The van der Waals surface area contributed by atoms with Crippen LogP contribution in [-0.2, 0) is 9.59 Å². The van der Waals surface area contributed by atoms with E-state index >= 15 is 0 Å². The molecule has 2 atom stereocenters. The number of carbonyl (C=O) groups excluding carboxylic acids is 1. The van der Waals surface area contributed by atoms with Gasteiger partial charge in [-0.2, -0.15) is 11.8 Å². The summed E-state index contributed by atoms with van der Waals surface area (Å²) >= 11 is 1.64. The predicted molar refractivity (Wildman–Crippen MR) is 64.6 cm³/mol. The molecule has 1 rings (SSSR count). The second-order valence-corrected chi connectivity index (χ2v) is 5.56. The van der Waals surface area contributed by atoms with Crippen molar-refractivity contribution in [2.75, 3.05) is 12.3 Å². The number of carbonyl (C=O) groups is 2. The van der Waals surface area contributed by atoms with Gasteiger partial charge in [-0.15, -0.1) is 0 Å². The number of hydrogen-bond donors (Lipinski definition) is 1. The summed E-state index contributed by atoms with van der Waals surface area (Å²) in [5.41, 5.74) is -1.01. The Kier molecular flexibility index (Phi) is 4.24. The van der Waals surface area contributed by atoms with Crippen LogP contribution in [0.1, 0.15) is 33.6 Å². The number of carboxylic acids is 1. The summed E-state index contributed by atoms with van der Waals surface area (Å²) in [7, 11) is 0. The van der Waals surface area contributed by atoms with Gasteiger partial charge in [-0.05, 0) is 25.5 Å². The molecule has 0 bridgehead atoms. The zero-order chi connectivity index (χ0) is 12.3. The van der Waals surface area contributed by atoms with Crippen LogP contribution in [0.2, 0.25) is 0 Å². The Labute approximate surface area is 100 Å². The van der Waals surface area contributed by atoms with Gasteiger partial charge in [0.25, 0.3) is 0 Å². The Morgan fingerprint density at radius 2 is 2.19 bits per heavy atom. The van der Waals surface area contributed by atoms with Gasteiger partial charge in [0.1, 0.15) is 0 Å². The van der Waals surface area contributed by atoms with Gasteiger partial charge in [-0.1, -0.05) is 6.92 Å². The van der Waals surface area contributed by atoms with Crippen LogP contribution in [0.3, 0.4) is 0 Å². The number of aliphatic carboxylic acids is 1. The molecule has 2 unspecified atom stereocenters. The first kappa shape index (κ1) is 13.4. The molecule has 0 spiro atoms. The molecule has 1 aliphatic rings. The first-order valence-electron chi connectivity index (χ1n) is 5.60. The van der Waals surface area contributed by atoms with Crippen LogP contribution in [0.5, 0.6) is 0 Å². The molecule has 1 N–H and O–H groups in total. The predicted octanol–water partition coefficient (Wildman–Crippen LogP) is 1.59. The molecule has 0 aromatic heterocycles. The van der Waals surface area contributed by atoms with E-state index in [-0.39, 0.29) is 11.2 Å². The van der Waals surface area contributed by atoms with E-state index in [9.17, 15) is 14.7 Å². The minimum atomic E-state index is -1.01. The van der Waals surface area contributed by atoms with Crippen LogP contribution in [0.25, 0.3) is 0 Å². The summed E-state index contributed by atoms with van der Waals surface area (Å²) in [6.07, 6.45) is 1.41. The van der Waals surface area contributed by atoms with E-state index in [1.54, 1.807) is 11.8 Å². The molecule has 1 saturated heterocycles. The van der Waals surface area contributed by atoms with Gasteiger partial charge in [0.15, 0.2) is 5.54 Å². The van der Waals surface area contributed by atoms with Crippen LogP contribution in [-0.4, -0.2) is 45.0 Å². The summed E-state index contributed by atoms with van der Waals surface area (Å²) < 4.78 is 0. The molecule has 1 fully saturated rings. The number of likely N-dealkylation sites (N-methyl/N-ethyl adjacent to an activating group) is 1. The lowest BCUT2D eigenvalue weighted by molar-refractivity contribution is -0.159. The second kappa shape index (κ2) is 5.08. The third-order valence-corrected chi connectivity index (χ3v) is 4.71. The van der Waals surface area contributed by atoms with Gasteiger partial charge in [-0.25, -0.2) is 4.79 Å². The summed E-state index contributed by atoms with van der Waals surface area (Å²) in [5.74, 6) is -0.0467. The molecule has 1 heterocycles. The molecule has 0 aromatic carbocycles. The van der Waals surface area contributed by atoms with E-state index < -0.39 is 11.5 Å². The van der Waals surface area contributed by atoms with Crippen molar-refractivity contribution in [3.05, 3.63) is 0 Å². The largest absolute Gasteiger partial charge is 0.479 e. The van der Waals surface area contributed by atoms with E-state index in [1.165, 1.54) is 11.8 Å². The number of carboxylic acid groups (broad SMARTS) is 1. The zero-order valence-corrected chi connectivity index (χ0v) is 10.8. The number of rotatable bonds is 3. The van der Waals surface area contributed by atoms with Crippen LogP contribution < -0.4 is 0 Å². The maximum atomic E-state index is 11.6. The fraction of sp³-hybridized carbons (Fsp3) is 0.818. The highest BCUT2D eigenvalue weighted by atomic mass is 32.2. The van der Waals surface area contributed by atoms with Crippen molar-refractivity contribution in [2.24, 2.45) is 0 Å². The smallest absolute Gasteiger partial charge is 0.330 e. The van der Waals surface area contributed by atoms with Gasteiger partial charge in [0.2, 0.25) is 5.91 Å². The average Bonchev–Trinajstić information content (AvgIpc) is 2.21. The van der Waals surface area contributed by atoms with Crippen LogP contribution >= 0.6 is 11.8 Å². The Morgan fingerprint density at radius 1 is 1.56 bits per heavy atom. The molecular weight excluding hydrogens is 226 g/mol. The van der Waals surface area contributed by atoms with Crippen molar-refractivity contribution >= 4 is 23.6 Å². The number of hydrogen-bond acceptors (Lipinski definition) is 3. The van der Waals surface area contributed by atoms with Crippen molar-refractivity contribution < 1.29 is 14.7 Å². The van der Waals surface area contributed by atoms with Crippen molar-refractivity contribution in [1.82, 2.24) is 4.90 Å². The number of amides is 1. The fourth-order valence-corrected chi connectivity index (χ4v) is 3.77. The highest BCUT2D eigenvalue weighted by Gasteiger charge is 2.50. The third-order valence-electron chi connectivity index (χ3n) is 3.29. The normalized spacial score (nSPS) is 29.8. The number of nitrogens with zero attached hydrogens (tertiary/aromatic N) is 1. The monoisotopic (exact) mass is 245 g/mol. The molecule has 16 heavy (non-hydrogen) atoms. The Hall–Kier alpha value is -0.710. The van der Waals surface area contributed by atoms with Gasteiger partial charge in [-0.3, -0.25) is 4.79 Å². The Morgan fingerprint density at radius 3 is 2.56 bits per heavy atom. The molecule has 1 aliphatic heterocycles. The van der Waals surface area contributed by atoms with Gasteiger partial charge in [0, 0.05) is 18.7 Å². The van der Waals surface area contributed by atoms with Crippen LogP contribution in [0.4, 0.5) is 0 Å². The highest BCUT2D eigenvalue weighted by molar-refractivity contribution is 8.00. The summed E-state index contributed by atoms with van der Waals surface area (Å²) in [6.45, 7) is 5.63. The lowest BCUT2D eigenvalue weighted by Gasteiger charge is -2.46. The molecule has 5 heteroatoms. The standard InChI is InChI=1S/C11H19NO3S/c1-4-12(9(3)13)11(10(14)15)6-5-7-16-8(11)2/h8H,4-7H2,1-3H3,(H,14,15). The third kappa shape index (κ3) is 2.05. The second-order valence-electron chi connectivity index (χ2n) is 4.11. The zero-order valence-electron chi connectivity index (χ0n) is 10.0. The van der Waals surface area contributed by atoms with Crippen LogP contribution in [0, 0.1) is 0 Å². The van der Waals surface area contributed by atoms with E-state index in [4.69, 9.17) is 0 Å². The van der Waals surface area contributed by atoms with Crippen molar-refractivity contribution in [1.29, 1.82) is 0 Å². The summed E-state index contributed by atoms with van der Waals surface area (Å²) in [5, 5.41) is 9.45. The van der Waals surface area contributed by atoms with Gasteiger partial charge >= 0.3 is 5.97 Å². The summed E-state index contributed by atoms with van der Waals surface area (Å²) in [4.78, 5) is 24.7. The quantitative estimate of drug-likeness (QED) is 0.820.